The number of rotatable bonds is 0. The van der Waals surface area contributed by atoms with Crippen LogP contribution in [0.15, 0.2) is 12.3 Å². The standard InChI is InChI=1S/C8H8N3/c1-6-8-7(3-4-9-6)5-11(2)10-8/h3,5H,1-2H3. The molecule has 0 aromatic carbocycles. The molecule has 0 unspecified atom stereocenters. The second-order valence-corrected chi connectivity index (χ2v) is 2.58. The Morgan fingerprint density at radius 2 is 2.36 bits per heavy atom. The lowest BCUT2D eigenvalue weighted by Crippen LogP contribution is -1.87. The van der Waals surface area contributed by atoms with Crippen molar-refractivity contribution < 1.29 is 0 Å². The van der Waals surface area contributed by atoms with Gasteiger partial charge in [-0.3, -0.25) is 4.68 Å². The quantitative estimate of drug-likeness (QED) is 0.556. The third-order valence-corrected chi connectivity index (χ3v) is 1.65. The van der Waals surface area contributed by atoms with E-state index in [9.17, 15) is 0 Å². The zero-order valence-corrected chi connectivity index (χ0v) is 6.50. The van der Waals surface area contributed by atoms with Crippen molar-refractivity contribution in [3.63, 3.8) is 0 Å². The molecule has 0 saturated heterocycles. The summed E-state index contributed by atoms with van der Waals surface area (Å²) in [5, 5.41) is 5.34. The second-order valence-electron chi connectivity index (χ2n) is 2.58. The number of hydrogen-bond acceptors (Lipinski definition) is 2. The number of hydrogen-bond donors (Lipinski definition) is 0. The molecule has 2 heterocycles. The Morgan fingerprint density at radius 3 is 3.09 bits per heavy atom. The third-order valence-electron chi connectivity index (χ3n) is 1.65. The van der Waals surface area contributed by atoms with Crippen LogP contribution in [0.3, 0.4) is 0 Å². The molecule has 0 fully saturated rings. The number of aryl methyl sites for hydroxylation is 2. The van der Waals surface area contributed by atoms with Crippen LogP contribution in [0, 0.1) is 13.1 Å². The van der Waals surface area contributed by atoms with Crippen LogP contribution >= 0.6 is 0 Å². The highest BCUT2D eigenvalue weighted by Gasteiger charge is 2.00. The lowest BCUT2D eigenvalue weighted by atomic mass is 10.3. The first-order valence-electron chi connectivity index (χ1n) is 3.44. The zero-order valence-electron chi connectivity index (χ0n) is 6.50. The summed E-state index contributed by atoms with van der Waals surface area (Å²) in [6.45, 7) is 1.94. The summed E-state index contributed by atoms with van der Waals surface area (Å²) in [4.78, 5) is 4.02. The van der Waals surface area contributed by atoms with Gasteiger partial charge < -0.3 is 0 Å². The molecule has 1 radical (unpaired) electrons. The first kappa shape index (κ1) is 6.34. The largest absolute Gasteiger partial charge is 0.275 e. The Hall–Kier alpha value is -1.38. The molecule has 0 aliphatic carbocycles. The van der Waals surface area contributed by atoms with Gasteiger partial charge in [-0.25, -0.2) is 4.98 Å². The molecule has 2 aromatic heterocycles. The van der Waals surface area contributed by atoms with Crippen molar-refractivity contribution in [3.8, 4) is 0 Å². The minimum absolute atomic E-state index is 0.933. The van der Waals surface area contributed by atoms with E-state index in [2.05, 4.69) is 16.3 Å². The van der Waals surface area contributed by atoms with Gasteiger partial charge in [0.1, 0.15) is 5.52 Å². The maximum absolute atomic E-state index is 4.25. The van der Waals surface area contributed by atoms with E-state index in [1.54, 1.807) is 4.68 Å². The molecule has 0 saturated carbocycles. The molecule has 0 N–H and O–H groups in total. The monoisotopic (exact) mass is 146 g/mol. The Kier molecular flexibility index (Phi) is 1.18. The van der Waals surface area contributed by atoms with Crippen molar-refractivity contribution in [1.82, 2.24) is 14.8 Å². The molecule has 11 heavy (non-hydrogen) atoms. The molecule has 0 aliphatic heterocycles. The Morgan fingerprint density at radius 1 is 1.55 bits per heavy atom. The molecule has 0 bridgehead atoms. The normalized spacial score (nSPS) is 10.7. The average Bonchev–Trinajstić information content (AvgIpc) is 2.31. The second kappa shape index (κ2) is 2.05. The van der Waals surface area contributed by atoms with Crippen LogP contribution in [0.2, 0.25) is 0 Å². The van der Waals surface area contributed by atoms with Crippen LogP contribution in [0.25, 0.3) is 10.9 Å². The molecule has 0 atom stereocenters. The number of nitrogens with zero attached hydrogens (tertiary/aromatic N) is 3. The fourth-order valence-electron chi connectivity index (χ4n) is 1.15. The van der Waals surface area contributed by atoms with Crippen LogP contribution in [-0.2, 0) is 7.05 Å². The van der Waals surface area contributed by atoms with Gasteiger partial charge in [-0.05, 0) is 13.0 Å². The minimum Gasteiger partial charge on any atom is -0.275 e. The van der Waals surface area contributed by atoms with E-state index in [-0.39, 0.29) is 0 Å². The van der Waals surface area contributed by atoms with Gasteiger partial charge in [-0.1, -0.05) is 0 Å². The minimum atomic E-state index is 0.933. The summed E-state index contributed by atoms with van der Waals surface area (Å²) in [5.41, 5.74) is 1.90. The lowest BCUT2D eigenvalue weighted by molar-refractivity contribution is 0.778. The van der Waals surface area contributed by atoms with Gasteiger partial charge in [0.05, 0.1) is 11.9 Å². The van der Waals surface area contributed by atoms with E-state index >= 15 is 0 Å². The van der Waals surface area contributed by atoms with E-state index < -0.39 is 0 Å². The van der Waals surface area contributed by atoms with Crippen molar-refractivity contribution in [2.24, 2.45) is 7.05 Å². The van der Waals surface area contributed by atoms with Gasteiger partial charge in [0.15, 0.2) is 0 Å². The van der Waals surface area contributed by atoms with E-state index in [0.717, 1.165) is 16.6 Å². The van der Waals surface area contributed by atoms with E-state index in [1.807, 2.05) is 26.2 Å². The maximum Gasteiger partial charge on any atom is 0.114 e. The summed E-state index contributed by atoms with van der Waals surface area (Å²) in [7, 11) is 1.90. The molecular formula is C8H8N3. The number of fused-ring (bicyclic) bond motifs is 1. The zero-order chi connectivity index (χ0) is 7.84. The van der Waals surface area contributed by atoms with Crippen molar-refractivity contribution in [3.05, 3.63) is 24.2 Å². The van der Waals surface area contributed by atoms with Crippen LogP contribution in [0.4, 0.5) is 0 Å². The van der Waals surface area contributed by atoms with Gasteiger partial charge in [0.2, 0.25) is 0 Å². The predicted molar refractivity (Wildman–Crippen MR) is 42.1 cm³/mol. The van der Waals surface area contributed by atoms with Gasteiger partial charge in [-0.2, -0.15) is 5.10 Å². The van der Waals surface area contributed by atoms with E-state index in [0.29, 0.717) is 0 Å². The van der Waals surface area contributed by atoms with E-state index in [1.165, 1.54) is 0 Å². The summed E-state index contributed by atoms with van der Waals surface area (Å²) in [6, 6.07) is 1.84. The highest BCUT2D eigenvalue weighted by Crippen LogP contribution is 2.11. The number of pyridine rings is 1. The average molecular weight is 146 g/mol. The van der Waals surface area contributed by atoms with Crippen LogP contribution in [0.1, 0.15) is 5.69 Å². The van der Waals surface area contributed by atoms with Gasteiger partial charge in [-0.15, -0.1) is 0 Å². The highest BCUT2D eigenvalue weighted by atomic mass is 15.2. The molecule has 2 rings (SSSR count). The number of aromatic nitrogens is 3. The predicted octanol–water partition coefficient (Wildman–Crippen LogP) is 1.08. The first-order chi connectivity index (χ1) is 5.27. The topological polar surface area (TPSA) is 30.7 Å². The smallest absolute Gasteiger partial charge is 0.114 e. The molecular weight excluding hydrogens is 138 g/mol. The Bertz CT molecular complexity index is 389. The molecule has 0 spiro atoms. The van der Waals surface area contributed by atoms with Crippen molar-refractivity contribution in [2.75, 3.05) is 0 Å². The summed E-state index contributed by atoms with van der Waals surface area (Å²) < 4.78 is 1.78. The first-order valence-corrected chi connectivity index (χ1v) is 3.44. The fourth-order valence-corrected chi connectivity index (χ4v) is 1.15. The fraction of sp³-hybridized carbons (Fsp3) is 0.250. The summed E-state index contributed by atoms with van der Waals surface area (Å²) in [5.74, 6) is 0. The summed E-state index contributed by atoms with van der Waals surface area (Å²) in [6.07, 6.45) is 4.77. The maximum atomic E-state index is 4.25. The van der Waals surface area contributed by atoms with Gasteiger partial charge in [0, 0.05) is 18.6 Å². The highest BCUT2D eigenvalue weighted by molar-refractivity contribution is 5.79. The van der Waals surface area contributed by atoms with Crippen LogP contribution in [0.5, 0.6) is 0 Å². The molecule has 0 amide bonds. The SMILES string of the molecule is Cc1n[c]cc2cn(C)nc12. The van der Waals surface area contributed by atoms with Gasteiger partial charge in [0.25, 0.3) is 0 Å². The van der Waals surface area contributed by atoms with Crippen molar-refractivity contribution in [1.29, 1.82) is 0 Å². The van der Waals surface area contributed by atoms with Crippen LogP contribution in [-0.4, -0.2) is 14.8 Å². The molecule has 2 aromatic rings. The van der Waals surface area contributed by atoms with Crippen LogP contribution < -0.4 is 0 Å². The molecule has 3 heteroatoms. The van der Waals surface area contributed by atoms with Gasteiger partial charge >= 0.3 is 0 Å². The lowest BCUT2D eigenvalue weighted by Gasteiger charge is -1.88. The Balaban J connectivity index is 2.90. The van der Waals surface area contributed by atoms with E-state index in [4.69, 9.17) is 0 Å². The summed E-state index contributed by atoms with van der Waals surface area (Å²) >= 11 is 0. The van der Waals surface area contributed by atoms with Crippen molar-refractivity contribution in [2.45, 2.75) is 6.92 Å². The molecule has 0 aliphatic rings. The molecule has 3 nitrogen and oxygen atoms in total. The third kappa shape index (κ3) is 0.888. The Labute approximate surface area is 64.7 Å². The van der Waals surface area contributed by atoms with Crippen molar-refractivity contribution >= 4 is 10.9 Å². The molecule has 55 valence electrons.